The number of piperazine rings is 1. The zero-order chi connectivity index (χ0) is 19.1. The van der Waals surface area contributed by atoms with Crippen LogP contribution in [0.25, 0.3) is 0 Å². The molecular weight excluding hydrogens is 344 g/mol. The summed E-state index contributed by atoms with van der Waals surface area (Å²) in [6.45, 7) is 12.6. The first-order valence-corrected chi connectivity index (χ1v) is 10.6. The summed E-state index contributed by atoms with van der Waals surface area (Å²) in [4.78, 5) is 2.74. The normalized spacial score (nSPS) is 16.1. The van der Waals surface area contributed by atoms with Gasteiger partial charge >= 0.3 is 0 Å². The Morgan fingerprint density at radius 3 is 2.00 bits per heavy atom. The topological polar surface area (TPSA) is 40.6 Å². The highest BCUT2D eigenvalue weighted by atomic mass is 32.2. The second-order valence-electron chi connectivity index (χ2n) is 7.24. The molecule has 3 rings (SSSR count). The summed E-state index contributed by atoms with van der Waals surface area (Å²) in [7, 11) is -3.45. The van der Waals surface area contributed by atoms with Gasteiger partial charge in [-0.3, -0.25) is 0 Å². The fourth-order valence-electron chi connectivity index (χ4n) is 3.60. The maximum absolute atomic E-state index is 13.1. The first-order chi connectivity index (χ1) is 12.2. The van der Waals surface area contributed by atoms with Gasteiger partial charge in [-0.25, -0.2) is 8.42 Å². The lowest BCUT2D eigenvalue weighted by molar-refractivity contribution is 0.384. The third-order valence-electron chi connectivity index (χ3n) is 5.78. The highest BCUT2D eigenvalue weighted by molar-refractivity contribution is 7.89. The fraction of sp³-hybridized carbons (Fsp3) is 0.429. The van der Waals surface area contributed by atoms with Crippen LogP contribution in [-0.4, -0.2) is 38.9 Å². The smallest absolute Gasteiger partial charge is 0.243 e. The van der Waals surface area contributed by atoms with Gasteiger partial charge in [0.1, 0.15) is 0 Å². The van der Waals surface area contributed by atoms with Gasteiger partial charge < -0.3 is 4.90 Å². The van der Waals surface area contributed by atoms with E-state index < -0.39 is 10.0 Å². The van der Waals surface area contributed by atoms with Gasteiger partial charge in [0.05, 0.1) is 4.90 Å². The lowest BCUT2D eigenvalue weighted by Gasteiger charge is -2.36. The van der Waals surface area contributed by atoms with Crippen molar-refractivity contribution in [2.24, 2.45) is 0 Å². The van der Waals surface area contributed by atoms with E-state index in [1.54, 1.807) is 10.4 Å². The van der Waals surface area contributed by atoms with E-state index in [9.17, 15) is 8.42 Å². The molecule has 0 aliphatic carbocycles. The van der Waals surface area contributed by atoms with Crippen LogP contribution >= 0.6 is 0 Å². The second kappa shape index (κ2) is 7.05. The van der Waals surface area contributed by atoms with Crippen LogP contribution in [0, 0.1) is 34.6 Å². The first-order valence-electron chi connectivity index (χ1n) is 9.11. The fourth-order valence-corrected chi connectivity index (χ4v) is 5.30. The number of anilines is 1. The molecule has 2 aromatic rings. The first kappa shape index (κ1) is 18.9. The number of rotatable bonds is 3. The van der Waals surface area contributed by atoms with E-state index in [2.05, 4.69) is 36.9 Å². The van der Waals surface area contributed by atoms with E-state index in [0.717, 1.165) is 16.7 Å². The summed E-state index contributed by atoms with van der Waals surface area (Å²) in [6.07, 6.45) is 0. The van der Waals surface area contributed by atoms with Crippen LogP contribution in [0.4, 0.5) is 5.69 Å². The Labute approximate surface area is 157 Å². The molecule has 0 bridgehead atoms. The van der Waals surface area contributed by atoms with Gasteiger partial charge in [-0.1, -0.05) is 18.2 Å². The Kier molecular flexibility index (Phi) is 5.13. The van der Waals surface area contributed by atoms with Crippen LogP contribution in [0.5, 0.6) is 0 Å². The summed E-state index contributed by atoms with van der Waals surface area (Å²) in [5.74, 6) is 0. The van der Waals surface area contributed by atoms with Crippen LogP contribution in [0.1, 0.15) is 27.8 Å². The minimum atomic E-state index is -3.45. The van der Waals surface area contributed by atoms with Crippen molar-refractivity contribution >= 4 is 15.7 Å². The average molecular weight is 373 g/mol. The van der Waals surface area contributed by atoms with Crippen molar-refractivity contribution < 1.29 is 8.42 Å². The molecule has 1 fully saturated rings. The molecule has 0 amide bonds. The third-order valence-corrected chi connectivity index (χ3v) is 7.82. The molecule has 1 saturated heterocycles. The van der Waals surface area contributed by atoms with Crippen molar-refractivity contribution in [2.75, 3.05) is 31.1 Å². The van der Waals surface area contributed by atoms with Gasteiger partial charge in [0.2, 0.25) is 10.0 Å². The Morgan fingerprint density at radius 2 is 1.35 bits per heavy atom. The average Bonchev–Trinajstić information content (AvgIpc) is 2.62. The van der Waals surface area contributed by atoms with Crippen LogP contribution in [0.3, 0.4) is 0 Å². The van der Waals surface area contributed by atoms with Gasteiger partial charge in [0.15, 0.2) is 0 Å². The number of nitrogens with zero attached hydrogens (tertiary/aromatic N) is 2. The SMILES string of the molecule is Cc1cccc(N2CCN(S(=O)(=O)c3ccc(C)c(C)c3C)CC2)c1C. The molecule has 0 saturated carbocycles. The van der Waals surface area contributed by atoms with Crippen molar-refractivity contribution in [1.82, 2.24) is 4.31 Å². The van der Waals surface area contributed by atoms with Crippen LogP contribution in [-0.2, 0) is 10.0 Å². The summed E-state index contributed by atoms with van der Waals surface area (Å²) in [5.41, 5.74) is 6.80. The number of hydrogen-bond acceptors (Lipinski definition) is 3. The van der Waals surface area contributed by atoms with Crippen molar-refractivity contribution in [2.45, 2.75) is 39.5 Å². The Bertz CT molecular complexity index is 927. The molecule has 4 nitrogen and oxygen atoms in total. The molecule has 1 aliphatic heterocycles. The van der Waals surface area contributed by atoms with E-state index in [1.165, 1.54) is 16.8 Å². The molecule has 1 aliphatic rings. The molecule has 0 atom stereocenters. The van der Waals surface area contributed by atoms with E-state index in [0.29, 0.717) is 31.1 Å². The van der Waals surface area contributed by atoms with Gasteiger partial charge in [-0.2, -0.15) is 4.31 Å². The van der Waals surface area contributed by atoms with E-state index >= 15 is 0 Å². The van der Waals surface area contributed by atoms with Gasteiger partial charge in [-0.15, -0.1) is 0 Å². The molecule has 2 aromatic carbocycles. The quantitative estimate of drug-likeness (QED) is 0.824. The summed E-state index contributed by atoms with van der Waals surface area (Å²) in [5, 5.41) is 0. The van der Waals surface area contributed by atoms with E-state index in [4.69, 9.17) is 0 Å². The predicted molar refractivity (Wildman–Crippen MR) is 108 cm³/mol. The summed E-state index contributed by atoms with van der Waals surface area (Å²) < 4.78 is 27.9. The van der Waals surface area contributed by atoms with Gasteiger partial charge in [0, 0.05) is 31.9 Å². The predicted octanol–water partition coefficient (Wildman–Crippen LogP) is 3.74. The largest absolute Gasteiger partial charge is 0.369 e. The summed E-state index contributed by atoms with van der Waals surface area (Å²) in [6, 6.07) is 9.97. The number of sulfonamides is 1. The molecule has 0 aromatic heterocycles. The Hall–Kier alpha value is -1.85. The van der Waals surface area contributed by atoms with Crippen LogP contribution < -0.4 is 4.90 Å². The maximum atomic E-state index is 13.1. The van der Waals surface area contributed by atoms with Crippen LogP contribution in [0.2, 0.25) is 0 Å². The molecule has 5 heteroatoms. The van der Waals surface area contributed by atoms with Crippen molar-refractivity contribution in [3.05, 3.63) is 58.1 Å². The molecule has 0 unspecified atom stereocenters. The monoisotopic (exact) mass is 372 g/mol. The molecule has 140 valence electrons. The Morgan fingerprint density at radius 1 is 0.731 bits per heavy atom. The highest BCUT2D eigenvalue weighted by Gasteiger charge is 2.30. The summed E-state index contributed by atoms with van der Waals surface area (Å²) >= 11 is 0. The Balaban J connectivity index is 1.81. The second-order valence-corrected chi connectivity index (χ2v) is 9.15. The van der Waals surface area contributed by atoms with E-state index in [-0.39, 0.29) is 0 Å². The zero-order valence-corrected chi connectivity index (χ0v) is 17.2. The number of hydrogen-bond donors (Lipinski definition) is 0. The highest BCUT2D eigenvalue weighted by Crippen LogP contribution is 2.28. The third kappa shape index (κ3) is 3.26. The lowest BCUT2D eigenvalue weighted by Crippen LogP contribution is -2.49. The lowest BCUT2D eigenvalue weighted by atomic mass is 10.1. The molecule has 0 spiro atoms. The minimum Gasteiger partial charge on any atom is -0.369 e. The zero-order valence-electron chi connectivity index (χ0n) is 16.3. The minimum absolute atomic E-state index is 0.445. The number of benzene rings is 2. The number of aryl methyl sites for hydroxylation is 2. The van der Waals surface area contributed by atoms with Crippen molar-refractivity contribution in [3.8, 4) is 0 Å². The maximum Gasteiger partial charge on any atom is 0.243 e. The molecule has 1 heterocycles. The van der Waals surface area contributed by atoms with Crippen LogP contribution in [0.15, 0.2) is 35.2 Å². The molecule has 26 heavy (non-hydrogen) atoms. The molecule has 0 radical (unpaired) electrons. The van der Waals surface area contributed by atoms with E-state index in [1.807, 2.05) is 26.8 Å². The van der Waals surface area contributed by atoms with Crippen molar-refractivity contribution in [1.29, 1.82) is 0 Å². The standard InChI is InChI=1S/C21H28N2O2S/c1-15-7-6-8-20(18(15)4)22-11-13-23(14-12-22)26(24,25)21-10-9-16(2)17(3)19(21)5/h6-10H,11-14H2,1-5H3. The molecule has 0 N–H and O–H groups in total. The van der Waals surface area contributed by atoms with Gasteiger partial charge in [-0.05, 0) is 74.6 Å². The molecular formula is C21H28N2O2S. The van der Waals surface area contributed by atoms with Gasteiger partial charge in [0.25, 0.3) is 0 Å². The van der Waals surface area contributed by atoms with Crippen molar-refractivity contribution in [3.63, 3.8) is 0 Å².